The number of aliphatic hydroxyl groups is 1. The SMILES string of the molecule is CC[C@@]1(O)C(=O)OCc2c1cc1n(c2=O)Cc2cc3c(NC=Nc4ccccc4)c(OC)ccc3nc2-1. The molecule has 2 N–H and O–H groups in total. The summed E-state index contributed by atoms with van der Waals surface area (Å²) in [6, 6.07) is 16.9. The smallest absolute Gasteiger partial charge is 0.343 e. The molecule has 2 aromatic heterocycles. The van der Waals surface area contributed by atoms with E-state index in [1.54, 1.807) is 31.0 Å². The Bertz CT molecular complexity index is 1660. The number of pyridine rings is 2. The van der Waals surface area contributed by atoms with Gasteiger partial charge < -0.3 is 24.5 Å². The van der Waals surface area contributed by atoms with E-state index in [0.717, 1.165) is 16.6 Å². The Labute approximate surface area is 212 Å². The van der Waals surface area contributed by atoms with Gasteiger partial charge in [-0.2, -0.15) is 0 Å². The summed E-state index contributed by atoms with van der Waals surface area (Å²) in [5.41, 5.74) is 2.70. The summed E-state index contributed by atoms with van der Waals surface area (Å²) in [5, 5.41) is 15.1. The van der Waals surface area contributed by atoms with Crippen molar-refractivity contribution < 1.29 is 19.4 Å². The lowest BCUT2D eigenvalue weighted by Gasteiger charge is -2.31. The van der Waals surface area contributed by atoms with Crippen LogP contribution < -0.4 is 15.6 Å². The molecule has 4 aromatic rings. The largest absolute Gasteiger partial charge is 0.495 e. The Kier molecular flexibility index (Phi) is 5.31. The number of anilines is 1. The monoisotopic (exact) mass is 496 g/mol. The number of aromatic nitrogens is 2. The summed E-state index contributed by atoms with van der Waals surface area (Å²) < 4.78 is 12.4. The summed E-state index contributed by atoms with van der Waals surface area (Å²) in [6.07, 6.45) is 1.70. The first-order valence-corrected chi connectivity index (χ1v) is 12.0. The van der Waals surface area contributed by atoms with Crippen molar-refractivity contribution in [2.75, 3.05) is 12.4 Å². The molecule has 0 unspecified atom stereocenters. The van der Waals surface area contributed by atoms with Crippen LogP contribution in [0.2, 0.25) is 0 Å². The average Bonchev–Trinajstić information content (AvgIpc) is 3.28. The summed E-state index contributed by atoms with van der Waals surface area (Å²) in [6.45, 7) is 1.84. The normalized spacial score (nSPS) is 17.9. The van der Waals surface area contributed by atoms with Gasteiger partial charge in [0.25, 0.3) is 5.56 Å². The standard InChI is InChI=1S/C28H24N4O5/c1-3-28(35)20-12-22-24-16(13-32(22)26(33)19(20)14-37-27(28)34)11-18-21(31-24)9-10-23(36-2)25(18)30-15-29-17-7-5-4-6-8-17/h4-12,15,35H,3,13-14H2,1-2H3,(H,29,30)/t28-/m0/s1. The van der Waals surface area contributed by atoms with Crippen molar-refractivity contribution in [2.24, 2.45) is 4.99 Å². The van der Waals surface area contributed by atoms with Gasteiger partial charge in [-0.05, 0) is 42.8 Å². The van der Waals surface area contributed by atoms with Gasteiger partial charge in [0, 0.05) is 16.5 Å². The fourth-order valence-electron chi connectivity index (χ4n) is 5.04. The first-order chi connectivity index (χ1) is 17.9. The predicted octanol–water partition coefficient (Wildman–Crippen LogP) is 3.86. The molecule has 4 heterocycles. The van der Waals surface area contributed by atoms with E-state index in [1.807, 2.05) is 48.5 Å². The number of para-hydroxylation sites is 1. The fraction of sp³-hybridized carbons (Fsp3) is 0.214. The molecule has 2 aliphatic rings. The molecule has 9 nitrogen and oxygen atoms in total. The molecule has 2 aliphatic heterocycles. The van der Waals surface area contributed by atoms with Crippen LogP contribution in [0.25, 0.3) is 22.3 Å². The molecule has 0 fully saturated rings. The van der Waals surface area contributed by atoms with Crippen LogP contribution in [0.3, 0.4) is 0 Å². The molecule has 0 aliphatic carbocycles. The number of cyclic esters (lactones) is 1. The molecule has 9 heteroatoms. The van der Waals surface area contributed by atoms with Gasteiger partial charge >= 0.3 is 5.97 Å². The lowest BCUT2D eigenvalue weighted by atomic mass is 9.86. The van der Waals surface area contributed by atoms with Crippen LogP contribution in [0, 0.1) is 0 Å². The molecule has 0 saturated heterocycles. The minimum Gasteiger partial charge on any atom is -0.495 e. The van der Waals surface area contributed by atoms with E-state index in [2.05, 4.69) is 10.3 Å². The van der Waals surface area contributed by atoms with Crippen LogP contribution in [0.5, 0.6) is 5.75 Å². The Morgan fingerprint density at radius 2 is 2.03 bits per heavy atom. The Morgan fingerprint density at radius 1 is 1.22 bits per heavy atom. The van der Waals surface area contributed by atoms with Gasteiger partial charge in [0.05, 0.1) is 53.8 Å². The number of esters is 1. The Balaban J connectivity index is 1.47. The summed E-state index contributed by atoms with van der Waals surface area (Å²) >= 11 is 0. The maximum atomic E-state index is 13.4. The van der Waals surface area contributed by atoms with E-state index in [1.165, 1.54) is 0 Å². The molecule has 1 atom stereocenters. The number of ether oxygens (including phenoxy) is 2. The van der Waals surface area contributed by atoms with Crippen molar-refractivity contribution >= 4 is 34.6 Å². The van der Waals surface area contributed by atoms with Crippen molar-refractivity contribution in [3.8, 4) is 17.1 Å². The van der Waals surface area contributed by atoms with E-state index in [9.17, 15) is 14.7 Å². The van der Waals surface area contributed by atoms with E-state index in [0.29, 0.717) is 46.0 Å². The number of nitrogens with zero attached hydrogens (tertiary/aromatic N) is 3. The van der Waals surface area contributed by atoms with Gasteiger partial charge in [0.1, 0.15) is 12.4 Å². The molecule has 0 saturated carbocycles. The summed E-state index contributed by atoms with van der Waals surface area (Å²) in [4.78, 5) is 35.1. The fourth-order valence-corrected chi connectivity index (χ4v) is 5.04. The quantitative estimate of drug-likeness (QED) is 0.216. The zero-order valence-electron chi connectivity index (χ0n) is 20.3. The minimum atomic E-state index is -1.86. The van der Waals surface area contributed by atoms with Crippen LogP contribution >= 0.6 is 0 Å². The van der Waals surface area contributed by atoms with Gasteiger partial charge in [-0.1, -0.05) is 25.1 Å². The predicted molar refractivity (Wildman–Crippen MR) is 139 cm³/mol. The number of carbonyl (C=O) groups is 1. The van der Waals surface area contributed by atoms with Crippen LogP contribution in [0.15, 0.2) is 64.4 Å². The number of aliphatic imine (C=N–C) groups is 1. The van der Waals surface area contributed by atoms with Crippen LogP contribution in [-0.4, -0.2) is 34.1 Å². The zero-order valence-corrected chi connectivity index (χ0v) is 20.3. The van der Waals surface area contributed by atoms with Crippen molar-refractivity contribution in [1.82, 2.24) is 9.55 Å². The van der Waals surface area contributed by atoms with Crippen molar-refractivity contribution in [1.29, 1.82) is 0 Å². The average molecular weight is 497 g/mol. The third-order valence-electron chi connectivity index (χ3n) is 7.05. The van der Waals surface area contributed by atoms with Crippen LogP contribution in [0.1, 0.15) is 30.0 Å². The van der Waals surface area contributed by atoms with E-state index in [4.69, 9.17) is 14.5 Å². The van der Waals surface area contributed by atoms with Gasteiger partial charge in [0.2, 0.25) is 0 Å². The number of hydrogen-bond acceptors (Lipinski definition) is 7. The van der Waals surface area contributed by atoms with E-state index >= 15 is 0 Å². The number of rotatable bonds is 5. The summed E-state index contributed by atoms with van der Waals surface area (Å²) in [7, 11) is 1.60. The molecule has 6 rings (SSSR count). The first kappa shape index (κ1) is 22.9. The number of fused-ring (bicyclic) bond motifs is 5. The van der Waals surface area contributed by atoms with Crippen LogP contribution in [0.4, 0.5) is 11.4 Å². The first-order valence-electron chi connectivity index (χ1n) is 12.0. The van der Waals surface area contributed by atoms with Gasteiger partial charge in [-0.25, -0.2) is 14.8 Å². The van der Waals surface area contributed by atoms with Gasteiger partial charge in [-0.15, -0.1) is 0 Å². The van der Waals surface area contributed by atoms with Crippen molar-refractivity contribution in [3.05, 3.63) is 81.6 Å². The van der Waals surface area contributed by atoms with Gasteiger partial charge in [-0.3, -0.25) is 4.79 Å². The number of carbonyl (C=O) groups excluding carboxylic acids is 1. The molecular formula is C28H24N4O5. The van der Waals surface area contributed by atoms with Crippen LogP contribution in [-0.2, 0) is 28.3 Å². The lowest BCUT2D eigenvalue weighted by Crippen LogP contribution is -2.44. The third-order valence-corrected chi connectivity index (χ3v) is 7.05. The number of nitrogens with one attached hydrogen (secondary N) is 1. The molecule has 0 bridgehead atoms. The second kappa shape index (κ2) is 8.56. The maximum Gasteiger partial charge on any atom is 0.343 e. The van der Waals surface area contributed by atoms with Crippen molar-refractivity contribution in [2.45, 2.75) is 32.1 Å². The minimum absolute atomic E-state index is 0.0963. The Morgan fingerprint density at radius 3 is 2.78 bits per heavy atom. The number of hydrogen-bond donors (Lipinski definition) is 2. The highest BCUT2D eigenvalue weighted by Gasteiger charge is 2.45. The molecule has 0 amide bonds. The number of methoxy groups -OCH3 is 1. The van der Waals surface area contributed by atoms with Crippen molar-refractivity contribution in [3.63, 3.8) is 0 Å². The second-order valence-electron chi connectivity index (χ2n) is 9.05. The number of benzene rings is 2. The zero-order chi connectivity index (χ0) is 25.7. The third kappa shape index (κ3) is 3.50. The van der Waals surface area contributed by atoms with E-state index in [-0.39, 0.29) is 18.6 Å². The summed E-state index contributed by atoms with van der Waals surface area (Å²) in [5.74, 6) is -0.114. The molecule has 37 heavy (non-hydrogen) atoms. The molecule has 0 spiro atoms. The topological polar surface area (TPSA) is 115 Å². The van der Waals surface area contributed by atoms with E-state index < -0.39 is 11.6 Å². The molecule has 186 valence electrons. The highest BCUT2D eigenvalue weighted by Crippen LogP contribution is 2.40. The second-order valence-corrected chi connectivity index (χ2v) is 9.05. The maximum absolute atomic E-state index is 13.4. The van der Waals surface area contributed by atoms with Gasteiger partial charge in [0.15, 0.2) is 5.60 Å². The highest BCUT2D eigenvalue weighted by molar-refractivity contribution is 6.01. The Hall–Kier alpha value is -4.50. The highest BCUT2D eigenvalue weighted by atomic mass is 16.6. The molecular weight excluding hydrogens is 472 g/mol. The molecule has 0 radical (unpaired) electrons. The lowest BCUT2D eigenvalue weighted by molar-refractivity contribution is -0.172. The molecule has 2 aromatic carbocycles.